The Kier molecular flexibility index (Phi) is 6.75. The molecule has 0 saturated carbocycles. The van der Waals surface area contributed by atoms with E-state index >= 15 is 0 Å². The quantitative estimate of drug-likeness (QED) is 0.582. The third kappa shape index (κ3) is 5.32. The first-order valence-electron chi connectivity index (χ1n) is 7.47. The van der Waals surface area contributed by atoms with Crippen LogP contribution < -0.4 is 4.74 Å². The highest BCUT2D eigenvalue weighted by Gasteiger charge is 2.16. The van der Waals surface area contributed by atoms with E-state index in [1.807, 2.05) is 50.3 Å². The largest absolute Gasteiger partial charge is 0.488 e. The fourth-order valence-corrected chi connectivity index (χ4v) is 2.54. The van der Waals surface area contributed by atoms with Gasteiger partial charge in [-0.2, -0.15) is 0 Å². The molecule has 0 radical (unpaired) electrons. The third-order valence-corrected chi connectivity index (χ3v) is 3.68. The molecule has 0 saturated heterocycles. The molecule has 2 rings (SSSR count). The number of benzene rings is 2. The second kappa shape index (κ2) is 8.80. The van der Waals surface area contributed by atoms with Crippen molar-refractivity contribution >= 4 is 23.2 Å². The molecule has 2 aromatic rings. The number of halogens is 2. The normalized spacial score (nSPS) is 11.2. The van der Waals surface area contributed by atoms with Crippen molar-refractivity contribution < 1.29 is 9.84 Å². The molecule has 0 aliphatic heterocycles. The number of hydrogen-bond donors (Lipinski definition) is 1. The smallest absolute Gasteiger partial charge is 0.145 e. The van der Waals surface area contributed by atoms with Gasteiger partial charge in [0.05, 0.1) is 5.02 Å². The first-order valence-corrected chi connectivity index (χ1v) is 8.22. The minimum Gasteiger partial charge on any atom is -0.488 e. The zero-order valence-corrected chi connectivity index (χ0v) is 15.0. The van der Waals surface area contributed by atoms with E-state index in [0.29, 0.717) is 28.0 Å². The average molecular weight is 361 g/mol. The summed E-state index contributed by atoms with van der Waals surface area (Å²) in [6.45, 7) is 4.32. The number of rotatable bonds is 4. The van der Waals surface area contributed by atoms with Gasteiger partial charge in [-0.3, -0.25) is 0 Å². The van der Waals surface area contributed by atoms with Crippen LogP contribution in [0, 0.1) is 11.8 Å². The summed E-state index contributed by atoms with van der Waals surface area (Å²) < 4.78 is 5.71. The van der Waals surface area contributed by atoms with Gasteiger partial charge in [0.15, 0.2) is 0 Å². The summed E-state index contributed by atoms with van der Waals surface area (Å²) in [5, 5.41) is 11.2. The molecule has 0 aliphatic rings. The number of ether oxygens (including phenoxy) is 1. The molecule has 1 N–H and O–H groups in total. The lowest BCUT2D eigenvalue weighted by molar-refractivity contribution is 0.230. The molecule has 2 aromatic carbocycles. The van der Waals surface area contributed by atoms with Gasteiger partial charge in [-0.1, -0.05) is 58.8 Å². The molecule has 0 fully saturated rings. The Labute approximate surface area is 152 Å². The van der Waals surface area contributed by atoms with Crippen molar-refractivity contribution in [2.45, 2.75) is 20.0 Å². The standard InChI is InChI=1S/C20H18Cl2O2/c1-14(2)10-11-24-20-17(12-16(21)13-18(20)22)19(23)9-8-15-6-4-3-5-7-15/h3-7,10,12-13,19,23H,11H2,1-2H3/t19-/m1/s1. The Hall–Kier alpha value is -1.92. The maximum atomic E-state index is 10.4. The molecule has 24 heavy (non-hydrogen) atoms. The lowest BCUT2D eigenvalue weighted by Crippen LogP contribution is -2.03. The Morgan fingerprint density at radius 1 is 1.21 bits per heavy atom. The van der Waals surface area contributed by atoms with E-state index in [1.165, 1.54) is 0 Å². The van der Waals surface area contributed by atoms with E-state index < -0.39 is 6.10 Å². The van der Waals surface area contributed by atoms with Crippen LogP contribution >= 0.6 is 23.2 Å². The maximum absolute atomic E-state index is 10.4. The van der Waals surface area contributed by atoms with E-state index in [2.05, 4.69) is 11.8 Å². The summed E-state index contributed by atoms with van der Waals surface area (Å²) in [7, 11) is 0. The van der Waals surface area contributed by atoms with E-state index in [0.717, 1.165) is 11.1 Å². The van der Waals surface area contributed by atoms with Crippen LogP contribution in [-0.4, -0.2) is 11.7 Å². The Balaban J connectivity index is 2.30. The molecule has 124 valence electrons. The SMILES string of the molecule is CC(C)=CCOc1c(Cl)cc(Cl)cc1[C@H](O)C#Cc1ccccc1. The van der Waals surface area contributed by atoms with Crippen molar-refractivity contribution in [1.82, 2.24) is 0 Å². The van der Waals surface area contributed by atoms with E-state index in [-0.39, 0.29) is 0 Å². The van der Waals surface area contributed by atoms with Crippen LogP contribution in [0.2, 0.25) is 10.0 Å². The Bertz CT molecular complexity index is 783. The average Bonchev–Trinajstić information content (AvgIpc) is 2.55. The van der Waals surface area contributed by atoms with Crippen molar-refractivity contribution in [3.05, 3.63) is 75.3 Å². The van der Waals surface area contributed by atoms with Gasteiger partial charge in [-0.15, -0.1) is 0 Å². The minimum atomic E-state index is -1.05. The molecular formula is C20H18Cl2O2. The predicted octanol–water partition coefficient (Wildman–Crippen LogP) is 5.42. The van der Waals surface area contributed by atoms with Crippen LogP contribution in [0.5, 0.6) is 5.75 Å². The van der Waals surface area contributed by atoms with Crippen molar-refractivity contribution in [1.29, 1.82) is 0 Å². The fraction of sp³-hybridized carbons (Fsp3) is 0.200. The molecule has 0 aliphatic carbocycles. The first-order chi connectivity index (χ1) is 11.5. The second-order valence-electron chi connectivity index (χ2n) is 5.44. The van der Waals surface area contributed by atoms with E-state index in [9.17, 15) is 5.11 Å². The van der Waals surface area contributed by atoms with Gasteiger partial charge in [-0.05, 0) is 44.2 Å². The topological polar surface area (TPSA) is 29.5 Å². The van der Waals surface area contributed by atoms with Crippen LogP contribution in [0.3, 0.4) is 0 Å². The molecular weight excluding hydrogens is 343 g/mol. The summed E-state index contributed by atoms with van der Waals surface area (Å²) in [5.41, 5.74) is 2.40. The van der Waals surface area contributed by atoms with Gasteiger partial charge in [0, 0.05) is 16.1 Å². The molecule has 2 nitrogen and oxygen atoms in total. The molecule has 0 unspecified atom stereocenters. The van der Waals surface area contributed by atoms with Crippen LogP contribution in [0.1, 0.15) is 31.1 Å². The summed E-state index contributed by atoms with van der Waals surface area (Å²) in [5.74, 6) is 6.13. The molecule has 0 aromatic heterocycles. The van der Waals surface area contributed by atoms with Crippen LogP contribution in [0.15, 0.2) is 54.1 Å². The zero-order valence-electron chi connectivity index (χ0n) is 13.5. The lowest BCUT2D eigenvalue weighted by Gasteiger charge is -2.14. The minimum absolute atomic E-state index is 0.347. The Morgan fingerprint density at radius 3 is 2.58 bits per heavy atom. The summed E-state index contributed by atoms with van der Waals surface area (Å²) in [6.07, 6.45) is 0.875. The monoisotopic (exact) mass is 360 g/mol. The van der Waals surface area contributed by atoms with Crippen molar-refractivity contribution in [3.63, 3.8) is 0 Å². The van der Waals surface area contributed by atoms with Crippen LogP contribution in [-0.2, 0) is 0 Å². The fourth-order valence-electron chi connectivity index (χ4n) is 1.98. The number of aliphatic hydroxyl groups excluding tert-OH is 1. The van der Waals surface area contributed by atoms with Crippen molar-refractivity contribution in [2.24, 2.45) is 0 Å². The van der Waals surface area contributed by atoms with Gasteiger partial charge < -0.3 is 9.84 Å². The van der Waals surface area contributed by atoms with Crippen LogP contribution in [0.4, 0.5) is 0 Å². The molecule has 0 heterocycles. The number of hydrogen-bond acceptors (Lipinski definition) is 2. The molecule has 1 atom stereocenters. The maximum Gasteiger partial charge on any atom is 0.145 e. The van der Waals surface area contributed by atoms with Crippen LogP contribution in [0.25, 0.3) is 0 Å². The predicted molar refractivity (Wildman–Crippen MR) is 99.7 cm³/mol. The number of aliphatic hydroxyl groups is 1. The van der Waals surface area contributed by atoms with Crippen molar-refractivity contribution in [3.8, 4) is 17.6 Å². The summed E-state index contributed by atoms with van der Waals surface area (Å²) >= 11 is 12.3. The van der Waals surface area contributed by atoms with Gasteiger partial charge in [0.2, 0.25) is 0 Å². The Morgan fingerprint density at radius 2 is 1.92 bits per heavy atom. The first kappa shape index (κ1) is 18.4. The highest BCUT2D eigenvalue weighted by molar-refractivity contribution is 6.35. The zero-order chi connectivity index (χ0) is 17.5. The van der Waals surface area contributed by atoms with Gasteiger partial charge in [0.25, 0.3) is 0 Å². The van der Waals surface area contributed by atoms with Gasteiger partial charge in [0.1, 0.15) is 18.5 Å². The number of allylic oxidation sites excluding steroid dienone is 1. The third-order valence-electron chi connectivity index (χ3n) is 3.18. The van der Waals surface area contributed by atoms with Gasteiger partial charge in [-0.25, -0.2) is 0 Å². The lowest BCUT2D eigenvalue weighted by atomic mass is 10.1. The van der Waals surface area contributed by atoms with Crippen molar-refractivity contribution in [2.75, 3.05) is 6.61 Å². The molecule has 0 spiro atoms. The molecule has 0 bridgehead atoms. The van der Waals surface area contributed by atoms with E-state index in [4.69, 9.17) is 27.9 Å². The highest BCUT2D eigenvalue weighted by atomic mass is 35.5. The molecule has 0 amide bonds. The van der Waals surface area contributed by atoms with E-state index in [1.54, 1.807) is 12.1 Å². The van der Waals surface area contributed by atoms with Gasteiger partial charge >= 0.3 is 0 Å². The highest BCUT2D eigenvalue weighted by Crippen LogP contribution is 2.36. The second-order valence-corrected chi connectivity index (χ2v) is 6.28. The molecule has 4 heteroatoms. The summed E-state index contributed by atoms with van der Waals surface area (Å²) in [6, 6.07) is 12.6. The summed E-state index contributed by atoms with van der Waals surface area (Å²) in [4.78, 5) is 0.